The van der Waals surface area contributed by atoms with Crippen molar-refractivity contribution < 1.29 is 36.6 Å². The Morgan fingerprint density at radius 1 is 1.12 bits per heavy atom. The van der Waals surface area contributed by atoms with Gasteiger partial charge in [0.1, 0.15) is 29.1 Å². The van der Waals surface area contributed by atoms with Gasteiger partial charge in [0, 0.05) is 17.2 Å². The van der Waals surface area contributed by atoms with E-state index in [1.54, 1.807) is 38.1 Å². The average Bonchev–Trinajstić information content (AvgIpc) is 3.55. The first-order valence-corrected chi connectivity index (χ1v) is 13.6. The Balaban J connectivity index is 1.65. The zero-order valence-corrected chi connectivity index (χ0v) is 23.8. The maximum absolute atomic E-state index is 13.9. The normalized spacial score (nSPS) is 15.3. The Hall–Kier alpha value is -4.58. The summed E-state index contributed by atoms with van der Waals surface area (Å²) in [5.74, 6) is 0.746. The SMILES string of the molecule is CCOC(=O)C1=C(C)N=c2s/c(=C/c3ccc(-c4cccc(C(F)(F)F)c4)o3)c(=O)n2[C@H]1c1cc(OC)ccc1OC. The van der Waals surface area contributed by atoms with Gasteiger partial charge in [0.25, 0.3) is 5.56 Å². The maximum atomic E-state index is 13.9. The van der Waals surface area contributed by atoms with Crippen molar-refractivity contribution in [3.05, 3.63) is 102 Å². The molecule has 42 heavy (non-hydrogen) atoms. The highest BCUT2D eigenvalue weighted by Crippen LogP contribution is 2.38. The van der Waals surface area contributed by atoms with E-state index in [1.807, 2.05) is 0 Å². The number of benzene rings is 2. The van der Waals surface area contributed by atoms with Crippen molar-refractivity contribution in [2.24, 2.45) is 4.99 Å². The Morgan fingerprint density at radius 2 is 1.90 bits per heavy atom. The van der Waals surface area contributed by atoms with Crippen LogP contribution in [-0.2, 0) is 15.7 Å². The Labute approximate surface area is 241 Å². The molecule has 2 aromatic carbocycles. The number of carbonyl (C=O) groups is 1. The number of hydrogen-bond donors (Lipinski definition) is 0. The summed E-state index contributed by atoms with van der Waals surface area (Å²) in [6, 6.07) is 12.0. The standard InChI is InChI=1S/C30H25F3N2O6S/c1-5-40-28(37)25-16(2)34-29-35(26(25)21-14-19(38-3)9-12-23(21)39-4)27(36)24(42-29)15-20-10-11-22(41-20)17-7-6-8-18(13-17)30(31,32)33/h6-15,26H,5H2,1-4H3/b24-15+/t26-/m0/s1. The van der Waals surface area contributed by atoms with Crippen LogP contribution in [0.4, 0.5) is 13.2 Å². The van der Waals surface area contributed by atoms with E-state index in [2.05, 4.69) is 4.99 Å². The molecule has 218 valence electrons. The van der Waals surface area contributed by atoms with E-state index in [0.29, 0.717) is 27.6 Å². The van der Waals surface area contributed by atoms with Gasteiger partial charge in [-0.05, 0) is 56.3 Å². The average molecular weight is 599 g/mol. The van der Waals surface area contributed by atoms with Gasteiger partial charge < -0.3 is 18.6 Å². The van der Waals surface area contributed by atoms with E-state index < -0.39 is 29.3 Å². The first kappa shape index (κ1) is 28.9. The van der Waals surface area contributed by atoms with Crippen LogP contribution in [-0.4, -0.2) is 31.4 Å². The summed E-state index contributed by atoms with van der Waals surface area (Å²) in [6.45, 7) is 3.46. The van der Waals surface area contributed by atoms with Crippen LogP contribution in [0.3, 0.4) is 0 Å². The fraction of sp³-hybridized carbons (Fsp3) is 0.233. The molecular formula is C30H25F3N2O6S. The van der Waals surface area contributed by atoms with Crippen LogP contribution >= 0.6 is 11.3 Å². The second kappa shape index (κ2) is 11.4. The number of furan rings is 1. The summed E-state index contributed by atoms with van der Waals surface area (Å²) in [7, 11) is 2.98. The number of rotatable bonds is 7. The third kappa shape index (κ3) is 5.37. The lowest BCUT2D eigenvalue weighted by atomic mass is 9.95. The van der Waals surface area contributed by atoms with Crippen molar-refractivity contribution in [3.8, 4) is 22.8 Å². The molecule has 0 saturated carbocycles. The van der Waals surface area contributed by atoms with E-state index in [4.69, 9.17) is 18.6 Å². The summed E-state index contributed by atoms with van der Waals surface area (Å²) in [4.78, 5) is 31.9. The highest BCUT2D eigenvalue weighted by molar-refractivity contribution is 7.07. The molecule has 1 aliphatic heterocycles. The third-order valence-corrected chi connectivity index (χ3v) is 7.61. The van der Waals surface area contributed by atoms with Gasteiger partial charge in [-0.2, -0.15) is 13.2 Å². The molecule has 0 unspecified atom stereocenters. The summed E-state index contributed by atoms with van der Waals surface area (Å²) >= 11 is 1.08. The van der Waals surface area contributed by atoms with E-state index in [1.165, 1.54) is 43.1 Å². The molecule has 8 nitrogen and oxygen atoms in total. The molecule has 1 atom stereocenters. The Morgan fingerprint density at radius 3 is 2.60 bits per heavy atom. The minimum atomic E-state index is -4.50. The molecule has 0 spiro atoms. The molecule has 0 saturated heterocycles. The number of ether oxygens (including phenoxy) is 3. The first-order valence-electron chi connectivity index (χ1n) is 12.7. The van der Waals surface area contributed by atoms with Gasteiger partial charge in [-0.3, -0.25) is 9.36 Å². The molecule has 0 N–H and O–H groups in total. The zero-order chi connectivity index (χ0) is 30.2. The molecule has 0 radical (unpaired) electrons. The number of carbonyl (C=O) groups excluding carboxylic acids is 1. The van der Waals surface area contributed by atoms with E-state index in [9.17, 15) is 22.8 Å². The molecule has 3 heterocycles. The van der Waals surface area contributed by atoms with Gasteiger partial charge >= 0.3 is 12.1 Å². The molecule has 0 amide bonds. The van der Waals surface area contributed by atoms with Crippen molar-refractivity contribution in [2.45, 2.75) is 26.1 Å². The summed E-state index contributed by atoms with van der Waals surface area (Å²) in [5.41, 5.74) is 0.0255. The number of fused-ring (bicyclic) bond motifs is 1. The maximum Gasteiger partial charge on any atom is 0.416 e. The second-order valence-corrected chi connectivity index (χ2v) is 10.2. The van der Waals surface area contributed by atoms with Crippen LogP contribution in [0.5, 0.6) is 11.5 Å². The third-order valence-electron chi connectivity index (χ3n) is 6.62. The number of nitrogens with zero attached hydrogens (tertiary/aromatic N) is 2. The quantitative estimate of drug-likeness (QED) is 0.275. The van der Waals surface area contributed by atoms with Crippen LogP contribution in [0.25, 0.3) is 17.4 Å². The van der Waals surface area contributed by atoms with E-state index >= 15 is 0 Å². The topological polar surface area (TPSA) is 92.3 Å². The summed E-state index contributed by atoms with van der Waals surface area (Å²) in [5, 5.41) is 0. The highest BCUT2D eigenvalue weighted by Gasteiger charge is 2.35. The fourth-order valence-electron chi connectivity index (χ4n) is 4.70. The smallest absolute Gasteiger partial charge is 0.416 e. The zero-order valence-electron chi connectivity index (χ0n) is 22.9. The highest BCUT2D eigenvalue weighted by atomic mass is 32.1. The van der Waals surface area contributed by atoms with Gasteiger partial charge in [0.05, 0.1) is 42.2 Å². The molecule has 12 heteroatoms. The summed E-state index contributed by atoms with van der Waals surface area (Å²) in [6.07, 6.45) is -3.01. The molecule has 2 aromatic heterocycles. The predicted molar refractivity (Wildman–Crippen MR) is 149 cm³/mol. The number of allylic oxidation sites excluding steroid dienone is 1. The van der Waals surface area contributed by atoms with Crippen LogP contribution in [0.15, 0.2) is 80.1 Å². The molecular weight excluding hydrogens is 573 g/mol. The summed E-state index contributed by atoms with van der Waals surface area (Å²) < 4.78 is 63.3. The van der Waals surface area contributed by atoms with Crippen LogP contribution in [0.1, 0.15) is 36.8 Å². The van der Waals surface area contributed by atoms with Gasteiger partial charge in [0.15, 0.2) is 4.80 Å². The Bertz CT molecular complexity index is 1880. The number of methoxy groups -OCH3 is 2. The van der Waals surface area contributed by atoms with Gasteiger partial charge in [-0.1, -0.05) is 23.5 Å². The molecule has 1 aliphatic rings. The molecule has 4 aromatic rings. The van der Waals surface area contributed by atoms with E-state index in [-0.39, 0.29) is 33.8 Å². The van der Waals surface area contributed by atoms with Crippen molar-refractivity contribution in [1.82, 2.24) is 4.57 Å². The van der Waals surface area contributed by atoms with Gasteiger partial charge in [-0.15, -0.1) is 0 Å². The minimum Gasteiger partial charge on any atom is -0.497 e. The fourth-order valence-corrected chi connectivity index (χ4v) is 5.73. The molecule has 0 fully saturated rings. The van der Waals surface area contributed by atoms with Gasteiger partial charge in [-0.25, -0.2) is 9.79 Å². The van der Waals surface area contributed by atoms with Crippen LogP contribution < -0.4 is 24.4 Å². The first-order chi connectivity index (χ1) is 20.0. The van der Waals surface area contributed by atoms with Crippen molar-refractivity contribution in [1.29, 1.82) is 0 Å². The van der Waals surface area contributed by atoms with Crippen LogP contribution in [0, 0.1) is 0 Å². The lowest BCUT2D eigenvalue weighted by Gasteiger charge is -2.26. The second-order valence-electron chi connectivity index (χ2n) is 9.19. The number of thiazole rings is 1. The van der Waals surface area contributed by atoms with Crippen molar-refractivity contribution >= 4 is 23.4 Å². The largest absolute Gasteiger partial charge is 0.497 e. The number of halogens is 3. The Kier molecular flexibility index (Phi) is 7.83. The number of hydrogen-bond acceptors (Lipinski definition) is 8. The minimum absolute atomic E-state index is 0.120. The van der Waals surface area contributed by atoms with E-state index in [0.717, 1.165) is 23.5 Å². The molecule has 0 bridgehead atoms. The number of alkyl halides is 3. The monoisotopic (exact) mass is 598 g/mol. The lowest BCUT2D eigenvalue weighted by molar-refractivity contribution is -0.139. The van der Waals surface area contributed by atoms with Crippen molar-refractivity contribution in [3.63, 3.8) is 0 Å². The molecule has 0 aliphatic carbocycles. The van der Waals surface area contributed by atoms with Crippen molar-refractivity contribution in [2.75, 3.05) is 20.8 Å². The molecule has 5 rings (SSSR count). The van der Waals surface area contributed by atoms with Crippen LogP contribution in [0.2, 0.25) is 0 Å². The predicted octanol–water partition coefficient (Wildman–Crippen LogP) is 5.09. The number of aromatic nitrogens is 1. The lowest BCUT2D eigenvalue weighted by Crippen LogP contribution is -2.40. The number of esters is 1. The van der Waals surface area contributed by atoms with Gasteiger partial charge in [0.2, 0.25) is 0 Å².